The van der Waals surface area contributed by atoms with Gasteiger partial charge in [-0.15, -0.1) is 0 Å². The Hall–Kier alpha value is -0.810. The number of fused-ring (bicyclic) bond motifs is 2. The van der Waals surface area contributed by atoms with Gasteiger partial charge in [0.2, 0.25) is 0 Å². The quantitative estimate of drug-likeness (QED) is 0.870. The van der Waals surface area contributed by atoms with Crippen molar-refractivity contribution in [1.82, 2.24) is 4.90 Å². The largest absolute Gasteiger partial charge is 0.444 e. The first kappa shape index (κ1) is 16.6. The fourth-order valence-corrected chi connectivity index (χ4v) is 3.40. The number of amides is 1. The molecule has 0 aromatic heterocycles. The Balaban J connectivity index is 2.07. The molecule has 2 aliphatic heterocycles. The molecule has 0 aromatic rings. The minimum atomic E-state index is -0.659. The molecule has 2 unspecified atom stereocenters. The molecule has 2 aliphatic rings. The minimum absolute atomic E-state index is 0.0748. The Bertz CT molecular complexity index is 363. The number of unbranched alkanes of at least 4 members (excludes halogenated alkanes) is 1. The van der Waals surface area contributed by atoms with Gasteiger partial charge in [-0.1, -0.05) is 19.8 Å². The van der Waals surface area contributed by atoms with E-state index in [1.54, 1.807) is 4.90 Å². The lowest BCUT2D eigenvalue weighted by molar-refractivity contribution is -0.140. The van der Waals surface area contributed by atoms with Crippen molar-refractivity contribution >= 4 is 6.09 Å². The van der Waals surface area contributed by atoms with Gasteiger partial charge in [-0.25, -0.2) is 4.79 Å². The molecule has 0 spiro atoms. The van der Waals surface area contributed by atoms with Crippen LogP contribution in [-0.2, 0) is 9.47 Å². The van der Waals surface area contributed by atoms with Crippen LogP contribution in [0.5, 0.6) is 0 Å². The maximum Gasteiger partial charge on any atom is 0.410 e. The fourth-order valence-electron chi connectivity index (χ4n) is 3.40. The Morgan fingerprint density at radius 3 is 2.38 bits per heavy atom. The number of aliphatic hydroxyl groups is 1. The summed E-state index contributed by atoms with van der Waals surface area (Å²) in [5.74, 6) is 0. The first-order chi connectivity index (χ1) is 9.74. The van der Waals surface area contributed by atoms with Gasteiger partial charge in [0.15, 0.2) is 0 Å². The van der Waals surface area contributed by atoms with Gasteiger partial charge in [0.25, 0.3) is 0 Å². The summed E-state index contributed by atoms with van der Waals surface area (Å²) >= 11 is 0. The third-order valence-corrected chi connectivity index (χ3v) is 4.24. The van der Waals surface area contributed by atoms with E-state index in [-0.39, 0.29) is 18.2 Å². The Labute approximate surface area is 127 Å². The number of carbonyl (C=O) groups is 1. The Kier molecular flexibility index (Phi) is 4.83. The van der Waals surface area contributed by atoms with E-state index in [2.05, 4.69) is 6.92 Å². The van der Waals surface area contributed by atoms with Crippen molar-refractivity contribution in [2.75, 3.05) is 13.2 Å². The second-order valence-corrected chi connectivity index (χ2v) is 7.47. The standard InChI is InChI=1S/C16H29NO4/c1-5-6-7-16(19)8-12-10-20-11-13(9-16)17(12)14(18)21-15(2,3)4/h12-13,19H,5-11H2,1-4H3. The molecule has 0 aliphatic carbocycles. The van der Waals surface area contributed by atoms with Crippen LogP contribution in [0.15, 0.2) is 0 Å². The zero-order valence-corrected chi connectivity index (χ0v) is 13.7. The van der Waals surface area contributed by atoms with Gasteiger partial charge in [0.05, 0.1) is 30.9 Å². The molecule has 0 aromatic carbocycles. The summed E-state index contributed by atoms with van der Waals surface area (Å²) < 4.78 is 11.1. The van der Waals surface area contributed by atoms with Gasteiger partial charge in [0.1, 0.15) is 5.60 Å². The summed E-state index contributed by atoms with van der Waals surface area (Å²) in [6.07, 6.45) is 3.79. The Morgan fingerprint density at radius 1 is 1.33 bits per heavy atom. The number of hydrogen-bond donors (Lipinski definition) is 1. The Morgan fingerprint density at radius 2 is 1.90 bits per heavy atom. The van der Waals surface area contributed by atoms with Crippen molar-refractivity contribution in [3.8, 4) is 0 Å². The second kappa shape index (κ2) is 6.13. The lowest BCUT2D eigenvalue weighted by atomic mass is 9.78. The summed E-state index contributed by atoms with van der Waals surface area (Å²) in [5.41, 5.74) is -1.16. The molecule has 21 heavy (non-hydrogen) atoms. The number of rotatable bonds is 3. The molecule has 2 bridgehead atoms. The molecule has 0 saturated carbocycles. The van der Waals surface area contributed by atoms with Crippen LogP contribution in [0.1, 0.15) is 59.8 Å². The molecule has 2 heterocycles. The highest BCUT2D eigenvalue weighted by Gasteiger charge is 2.48. The van der Waals surface area contributed by atoms with E-state index >= 15 is 0 Å². The third kappa shape index (κ3) is 4.10. The van der Waals surface area contributed by atoms with Gasteiger partial charge in [-0.05, 0) is 40.0 Å². The van der Waals surface area contributed by atoms with Crippen molar-refractivity contribution in [3.63, 3.8) is 0 Å². The van der Waals surface area contributed by atoms with Crippen LogP contribution in [0.3, 0.4) is 0 Å². The van der Waals surface area contributed by atoms with Crippen molar-refractivity contribution in [1.29, 1.82) is 0 Å². The van der Waals surface area contributed by atoms with Gasteiger partial charge in [0, 0.05) is 0 Å². The molecule has 1 amide bonds. The molecule has 2 atom stereocenters. The predicted molar refractivity (Wildman–Crippen MR) is 80.2 cm³/mol. The summed E-state index contributed by atoms with van der Waals surface area (Å²) in [7, 11) is 0. The first-order valence-electron chi connectivity index (χ1n) is 8.05. The van der Waals surface area contributed by atoms with Crippen LogP contribution in [0, 0.1) is 0 Å². The van der Waals surface area contributed by atoms with Gasteiger partial charge in [-0.3, -0.25) is 4.90 Å². The van der Waals surface area contributed by atoms with Crippen molar-refractivity contribution < 1.29 is 19.4 Å². The number of morpholine rings is 1. The van der Waals surface area contributed by atoms with E-state index in [0.29, 0.717) is 26.1 Å². The van der Waals surface area contributed by atoms with Gasteiger partial charge in [-0.2, -0.15) is 0 Å². The van der Waals surface area contributed by atoms with E-state index in [0.717, 1.165) is 19.3 Å². The molecule has 5 nitrogen and oxygen atoms in total. The van der Waals surface area contributed by atoms with Crippen LogP contribution in [0.4, 0.5) is 4.79 Å². The topological polar surface area (TPSA) is 59.0 Å². The highest BCUT2D eigenvalue weighted by Crippen LogP contribution is 2.38. The van der Waals surface area contributed by atoms with Gasteiger partial charge >= 0.3 is 6.09 Å². The monoisotopic (exact) mass is 299 g/mol. The van der Waals surface area contributed by atoms with E-state index in [4.69, 9.17) is 9.47 Å². The summed E-state index contributed by atoms with van der Waals surface area (Å²) in [5, 5.41) is 10.8. The second-order valence-electron chi connectivity index (χ2n) is 7.47. The molecular weight excluding hydrogens is 270 g/mol. The molecule has 1 N–H and O–H groups in total. The third-order valence-electron chi connectivity index (χ3n) is 4.24. The van der Waals surface area contributed by atoms with E-state index in [1.807, 2.05) is 20.8 Å². The number of piperidine rings is 1. The van der Waals surface area contributed by atoms with Crippen molar-refractivity contribution in [2.45, 2.75) is 83.1 Å². The summed E-state index contributed by atoms with van der Waals surface area (Å²) in [6, 6.07) is -0.150. The number of carbonyl (C=O) groups excluding carboxylic acids is 1. The minimum Gasteiger partial charge on any atom is -0.444 e. The highest BCUT2D eigenvalue weighted by molar-refractivity contribution is 5.69. The summed E-state index contributed by atoms with van der Waals surface area (Å²) in [4.78, 5) is 14.2. The SMILES string of the molecule is CCCCC1(O)CC2COCC(C1)N2C(=O)OC(C)(C)C. The first-order valence-corrected chi connectivity index (χ1v) is 8.05. The number of hydrogen-bond acceptors (Lipinski definition) is 4. The lowest BCUT2D eigenvalue weighted by Crippen LogP contribution is -2.64. The van der Waals surface area contributed by atoms with Crippen LogP contribution in [0.25, 0.3) is 0 Å². The van der Waals surface area contributed by atoms with E-state index < -0.39 is 11.2 Å². The van der Waals surface area contributed by atoms with Crippen molar-refractivity contribution in [3.05, 3.63) is 0 Å². The van der Waals surface area contributed by atoms with E-state index in [9.17, 15) is 9.90 Å². The fraction of sp³-hybridized carbons (Fsp3) is 0.938. The lowest BCUT2D eigenvalue weighted by Gasteiger charge is -2.51. The average molecular weight is 299 g/mol. The maximum absolute atomic E-state index is 12.4. The van der Waals surface area contributed by atoms with Crippen LogP contribution in [-0.4, -0.2) is 52.6 Å². The average Bonchev–Trinajstić information content (AvgIpc) is 2.33. The number of ether oxygens (including phenoxy) is 2. The molecular formula is C16H29NO4. The molecule has 0 radical (unpaired) electrons. The summed E-state index contributed by atoms with van der Waals surface area (Å²) in [6.45, 7) is 8.73. The zero-order chi connectivity index (χ0) is 15.7. The molecule has 5 heteroatoms. The van der Waals surface area contributed by atoms with Crippen LogP contribution in [0.2, 0.25) is 0 Å². The zero-order valence-electron chi connectivity index (χ0n) is 13.7. The maximum atomic E-state index is 12.4. The molecule has 2 fully saturated rings. The van der Waals surface area contributed by atoms with Crippen LogP contribution < -0.4 is 0 Å². The van der Waals surface area contributed by atoms with Crippen LogP contribution >= 0.6 is 0 Å². The normalized spacial score (nSPS) is 32.9. The molecule has 122 valence electrons. The predicted octanol–water partition coefficient (Wildman–Crippen LogP) is 2.71. The smallest absolute Gasteiger partial charge is 0.410 e. The van der Waals surface area contributed by atoms with Crippen molar-refractivity contribution in [2.24, 2.45) is 0 Å². The molecule has 2 saturated heterocycles. The van der Waals surface area contributed by atoms with Gasteiger partial charge < -0.3 is 14.6 Å². The highest BCUT2D eigenvalue weighted by atomic mass is 16.6. The number of nitrogens with zero attached hydrogens (tertiary/aromatic N) is 1. The van der Waals surface area contributed by atoms with E-state index in [1.165, 1.54) is 0 Å². The molecule has 2 rings (SSSR count).